The molecule has 0 aromatic rings. The molecule has 1 saturated carbocycles. The van der Waals surface area contributed by atoms with Crippen LogP contribution in [0.15, 0.2) is 0 Å². The molecule has 2 aliphatic rings. The fraction of sp³-hybridized carbons (Fsp3) is 1.00. The maximum atomic E-state index is 3.60. The topological polar surface area (TPSA) is 15.3 Å². The molecule has 0 amide bonds. The van der Waals surface area contributed by atoms with Gasteiger partial charge in [0.2, 0.25) is 0 Å². The molecule has 1 aliphatic carbocycles. The molecular formula is C14H28N2S. The zero-order valence-corrected chi connectivity index (χ0v) is 12.1. The Hall–Kier alpha value is 0.270. The molecule has 0 bridgehead atoms. The van der Waals surface area contributed by atoms with Gasteiger partial charge in [0.15, 0.2) is 0 Å². The van der Waals surface area contributed by atoms with Crippen molar-refractivity contribution in [2.24, 2.45) is 5.92 Å². The predicted octanol–water partition coefficient (Wildman–Crippen LogP) is 2.59. The van der Waals surface area contributed by atoms with E-state index in [0.717, 1.165) is 12.0 Å². The molecule has 1 unspecified atom stereocenters. The Morgan fingerprint density at radius 1 is 1.24 bits per heavy atom. The van der Waals surface area contributed by atoms with Gasteiger partial charge >= 0.3 is 0 Å². The van der Waals surface area contributed by atoms with Crippen LogP contribution in [-0.4, -0.2) is 48.6 Å². The number of nitrogens with one attached hydrogen (secondary N) is 1. The molecule has 1 atom stereocenters. The fourth-order valence-corrected chi connectivity index (χ4v) is 4.01. The third kappa shape index (κ3) is 4.15. The summed E-state index contributed by atoms with van der Waals surface area (Å²) in [4.78, 5) is 2.77. The molecule has 1 aliphatic heterocycles. The van der Waals surface area contributed by atoms with Gasteiger partial charge in [0, 0.05) is 38.0 Å². The van der Waals surface area contributed by atoms with Crippen molar-refractivity contribution in [1.82, 2.24) is 10.2 Å². The normalized spacial score (nSPS) is 28.4. The third-order valence-electron chi connectivity index (χ3n) is 4.32. The maximum absolute atomic E-state index is 3.60. The number of hydrogen-bond donors (Lipinski definition) is 1. The molecule has 0 radical (unpaired) electrons. The van der Waals surface area contributed by atoms with Gasteiger partial charge in [-0.15, -0.1) is 0 Å². The van der Waals surface area contributed by atoms with Crippen LogP contribution in [-0.2, 0) is 0 Å². The lowest BCUT2D eigenvalue weighted by Crippen LogP contribution is -2.55. The molecular weight excluding hydrogens is 228 g/mol. The SMILES string of the molecule is CCSCCN1CCNCC1C1CCCCC1. The monoisotopic (exact) mass is 256 g/mol. The van der Waals surface area contributed by atoms with E-state index in [1.54, 1.807) is 0 Å². The molecule has 0 spiro atoms. The number of hydrogen-bond acceptors (Lipinski definition) is 3. The first-order chi connectivity index (χ1) is 8.42. The summed E-state index contributed by atoms with van der Waals surface area (Å²) in [6.07, 6.45) is 7.37. The molecule has 0 aromatic heterocycles. The zero-order chi connectivity index (χ0) is 11.9. The average molecular weight is 256 g/mol. The third-order valence-corrected chi connectivity index (χ3v) is 5.20. The molecule has 1 saturated heterocycles. The highest BCUT2D eigenvalue weighted by Crippen LogP contribution is 2.29. The molecule has 2 fully saturated rings. The molecule has 1 heterocycles. The minimum absolute atomic E-state index is 0.835. The van der Waals surface area contributed by atoms with Crippen molar-refractivity contribution >= 4 is 11.8 Å². The van der Waals surface area contributed by atoms with Gasteiger partial charge in [-0.1, -0.05) is 26.2 Å². The summed E-state index contributed by atoms with van der Waals surface area (Å²) >= 11 is 2.09. The van der Waals surface area contributed by atoms with Gasteiger partial charge in [-0.3, -0.25) is 4.90 Å². The molecule has 100 valence electrons. The lowest BCUT2D eigenvalue weighted by molar-refractivity contribution is 0.0990. The number of nitrogens with zero attached hydrogens (tertiary/aromatic N) is 1. The first-order valence-corrected chi connectivity index (χ1v) is 8.59. The molecule has 1 N–H and O–H groups in total. The van der Waals surface area contributed by atoms with Crippen molar-refractivity contribution in [3.05, 3.63) is 0 Å². The van der Waals surface area contributed by atoms with E-state index in [2.05, 4.69) is 28.9 Å². The Morgan fingerprint density at radius 3 is 2.82 bits per heavy atom. The summed E-state index contributed by atoms with van der Waals surface area (Å²) in [5.41, 5.74) is 0. The van der Waals surface area contributed by atoms with Crippen molar-refractivity contribution < 1.29 is 0 Å². The van der Waals surface area contributed by atoms with Crippen LogP contribution in [0.2, 0.25) is 0 Å². The Kier molecular flexibility index (Phi) is 6.16. The van der Waals surface area contributed by atoms with Crippen LogP contribution in [0.5, 0.6) is 0 Å². The summed E-state index contributed by atoms with van der Waals surface area (Å²) in [6, 6.07) is 0.835. The van der Waals surface area contributed by atoms with E-state index in [1.807, 2.05) is 0 Å². The van der Waals surface area contributed by atoms with E-state index in [4.69, 9.17) is 0 Å². The van der Waals surface area contributed by atoms with Crippen LogP contribution in [0.1, 0.15) is 39.0 Å². The Bertz CT molecular complexity index is 204. The number of thioether (sulfide) groups is 1. The quantitative estimate of drug-likeness (QED) is 0.761. The van der Waals surface area contributed by atoms with E-state index in [-0.39, 0.29) is 0 Å². The van der Waals surface area contributed by atoms with Gasteiger partial charge < -0.3 is 5.32 Å². The van der Waals surface area contributed by atoms with Gasteiger partial charge in [-0.25, -0.2) is 0 Å². The highest BCUT2D eigenvalue weighted by atomic mass is 32.2. The molecule has 3 heteroatoms. The summed E-state index contributed by atoms with van der Waals surface area (Å²) in [5.74, 6) is 3.56. The van der Waals surface area contributed by atoms with Gasteiger partial charge in [-0.05, 0) is 24.5 Å². The largest absolute Gasteiger partial charge is 0.314 e. The van der Waals surface area contributed by atoms with Gasteiger partial charge in [0.25, 0.3) is 0 Å². The smallest absolute Gasteiger partial charge is 0.0249 e. The summed E-state index contributed by atoms with van der Waals surface area (Å²) in [5, 5.41) is 3.60. The van der Waals surface area contributed by atoms with Crippen LogP contribution in [0, 0.1) is 5.92 Å². The van der Waals surface area contributed by atoms with E-state index in [9.17, 15) is 0 Å². The van der Waals surface area contributed by atoms with E-state index in [1.165, 1.54) is 69.8 Å². The molecule has 2 rings (SSSR count). The fourth-order valence-electron chi connectivity index (χ4n) is 3.36. The van der Waals surface area contributed by atoms with Crippen LogP contribution in [0.3, 0.4) is 0 Å². The van der Waals surface area contributed by atoms with Crippen LogP contribution in [0.25, 0.3) is 0 Å². The number of piperazine rings is 1. The molecule has 17 heavy (non-hydrogen) atoms. The first-order valence-electron chi connectivity index (χ1n) is 7.44. The summed E-state index contributed by atoms with van der Waals surface area (Å²) < 4.78 is 0. The summed E-state index contributed by atoms with van der Waals surface area (Å²) in [6.45, 7) is 7.27. The lowest BCUT2D eigenvalue weighted by atomic mass is 9.82. The van der Waals surface area contributed by atoms with Gasteiger partial charge in [0.05, 0.1) is 0 Å². The van der Waals surface area contributed by atoms with Crippen LogP contribution in [0.4, 0.5) is 0 Å². The first kappa shape index (κ1) is 13.7. The predicted molar refractivity (Wildman–Crippen MR) is 77.8 cm³/mol. The minimum Gasteiger partial charge on any atom is -0.314 e. The highest BCUT2D eigenvalue weighted by Gasteiger charge is 2.30. The average Bonchev–Trinajstić information content (AvgIpc) is 2.41. The Balaban J connectivity index is 1.82. The second-order valence-electron chi connectivity index (χ2n) is 5.40. The van der Waals surface area contributed by atoms with Crippen LogP contribution >= 0.6 is 11.8 Å². The standard InChI is InChI=1S/C14H28N2S/c1-2-17-11-10-16-9-8-15-12-14(16)13-6-4-3-5-7-13/h13-15H,2-12H2,1H3. The second kappa shape index (κ2) is 7.65. The summed E-state index contributed by atoms with van der Waals surface area (Å²) in [7, 11) is 0. The van der Waals surface area contributed by atoms with E-state index in [0.29, 0.717) is 0 Å². The van der Waals surface area contributed by atoms with Crippen molar-refractivity contribution in [2.75, 3.05) is 37.7 Å². The minimum atomic E-state index is 0.835. The molecule has 2 nitrogen and oxygen atoms in total. The van der Waals surface area contributed by atoms with Crippen molar-refractivity contribution in [3.63, 3.8) is 0 Å². The van der Waals surface area contributed by atoms with Gasteiger partial charge in [-0.2, -0.15) is 11.8 Å². The Labute approximate surface area is 111 Å². The van der Waals surface area contributed by atoms with Gasteiger partial charge in [0.1, 0.15) is 0 Å². The van der Waals surface area contributed by atoms with Crippen molar-refractivity contribution in [2.45, 2.75) is 45.1 Å². The second-order valence-corrected chi connectivity index (χ2v) is 6.80. The maximum Gasteiger partial charge on any atom is 0.0249 e. The lowest BCUT2D eigenvalue weighted by Gasteiger charge is -2.42. The van der Waals surface area contributed by atoms with Crippen molar-refractivity contribution in [1.29, 1.82) is 0 Å². The Morgan fingerprint density at radius 2 is 2.06 bits per heavy atom. The number of rotatable bonds is 5. The van der Waals surface area contributed by atoms with E-state index < -0.39 is 0 Å². The van der Waals surface area contributed by atoms with E-state index >= 15 is 0 Å². The van der Waals surface area contributed by atoms with Crippen LogP contribution < -0.4 is 5.32 Å². The van der Waals surface area contributed by atoms with Crippen molar-refractivity contribution in [3.8, 4) is 0 Å². The highest BCUT2D eigenvalue weighted by molar-refractivity contribution is 7.99. The molecule has 0 aromatic carbocycles. The zero-order valence-electron chi connectivity index (χ0n) is 11.3.